The molecule has 1 heteroatoms. The highest BCUT2D eigenvalue weighted by atomic mass is 14.9. The standard InChI is InChI=1S/C13H25N/c1-9-13(7,8)11(3)14-10(2)12(4,5)6/h14H,2-3,9H2,1,4-8H3. The Morgan fingerprint density at radius 1 is 1.00 bits per heavy atom. The van der Waals surface area contributed by atoms with Gasteiger partial charge in [0.1, 0.15) is 0 Å². The number of hydrogen-bond acceptors (Lipinski definition) is 1. The van der Waals surface area contributed by atoms with Gasteiger partial charge in [-0.3, -0.25) is 0 Å². The zero-order chi connectivity index (χ0) is 11.6. The Morgan fingerprint density at radius 3 is 1.71 bits per heavy atom. The Bertz CT molecular complexity index is 228. The van der Waals surface area contributed by atoms with Crippen LogP contribution in [0.5, 0.6) is 0 Å². The topological polar surface area (TPSA) is 12.0 Å². The lowest BCUT2D eigenvalue weighted by Crippen LogP contribution is -2.29. The van der Waals surface area contributed by atoms with Crippen LogP contribution in [-0.2, 0) is 0 Å². The van der Waals surface area contributed by atoms with Gasteiger partial charge in [0.2, 0.25) is 0 Å². The summed E-state index contributed by atoms with van der Waals surface area (Å²) in [6, 6.07) is 0. The highest BCUT2D eigenvalue weighted by molar-refractivity contribution is 5.15. The third-order valence-electron chi connectivity index (χ3n) is 2.91. The van der Waals surface area contributed by atoms with Crippen molar-refractivity contribution in [1.29, 1.82) is 0 Å². The lowest BCUT2D eigenvalue weighted by Gasteiger charge is -2.31. The molecule has 0 saturated heterocycles. The summed E-state index contributed by atoms with van der Waals surface area (Å²) in [5.74, 6) is 0. The van der Waals surface area contributed by atoms with Gasteiger partial charge in [-0.25, -0.2) is 0 Å². The lowest BCUT2D eigenvalue weighted by atomic mass is 9.85. The van der Waals surface area contributed by atoms with E-state index in [9.17, 15) is 0 Å². The summed E-state index contributed by atoms with van der Waals surface area (Å²) in [4.78, 5) is 0. The highest BCUT2D eigenvalue weighted by Crippen LogP contribution is 2.30. The molecule has 0 aliphatic heterocycles. The van der Waals surface area contributed by atoms with Gasteiger partial charge in [-0.15, -0.1) is 0 Å². The Morgan fingerprint density at radius 2 is 1.43 bits per heavy atom. The normalized spacial score (nSPS) is 12.4. The summed E-state index contributed by atoms with van der Waals surface area (Å²) in [5, 5.41) is 3.32. The van der Waals surface area contributed by atoms with E-state index in [1.54, 1.807) is 0 Å². The van der Waals surface area contributed by atoms with E-state index in [0.29, 0.717) is 0 Å². The van der Waals surface area contributed by atoms with Crippen LogP contribution < -0.4 is 5.32 Å². The molecule has 0 aromatic carbocycles. The van der Waals surface area contributed by atoms with Gasteiger partial charge in [0, 0.05) is 22.2 Å². The molecule has 0 aromatic heterocycles. The summed E-state index contributed by atoms with van der Waals surface area (Å²) < 4.78 is 0. The first-order chi connectivity index (χ1) is 6.11. The Balaban J connectivity index is 4.43. The van der Waals surface area contributed by atoms with E-state index in [1.807, 2.05) is 0 Å². The molecule has 0 aliphatic carbocycles. The van der Waals surface area contributed by atoms with Gasteiger partial charge >= 0.3 is 0 Å². The molecule has 0 unspecified atom stereocenters. The van der Waals surface area contributed by atoms with E-state index in [0.717, 1.165) is 17.8 Å². The lowest BCUT2D eigenvalue weighted by molar-refractivity contribution is 0.388. The second-order valence-corrected chi connectivity index (χ2v) is 5.57. The van der Waals surface area contributed by atoms with E-state index in [2.05, 4.69) is 60.0 Å². The monoisotopic (exact) mass is 195 g/mol. The molecular weight excluding hydrogens is 170 g/mol. The van der Waals surface area contributed by atoms with Crippen LogP contribution in [0.3, 0.4) is 0 Å². The maximum atomic E-state index is 4.08. The smallest absolute Gasteiger partial charge is 0.0133 e. The molecule has 1 N–H and O–H groups in total. The van der Waals surface area contributed by atoms with E-state index in [4.69, 9.17) is 0 Å². The minimum atomic E-state index is 0.0900. The van der Waals surface area contributed by atoms with Crippen LogP contribution in [0.2, 0.25) is 0 Å². The van der Waals surface area contributed by atoms with Crippen LogP contribution in [-0.4, -0.2) is 0 Å². The van der Waals surface area contributed by atoms with Crippen LogP contribution in [0.1, 0.15) is 48.0 Å². The SMILES string of the molecule is C=C(NC(=C)C(C)(C)CC)C(C)(C)C. The summed E-state index contributed by atoms with van der Waals surface area (Å²) >= 11 is 0. The van der Waals surface area contributed by atoms with Gasteiger partial charge in [0.25, 0.3) is 0 Å². The van der Waals surface area contributed by atoms with Gasteiger partial charge in [-0.2, -0.15) is 0 Å². The molecule has 0 saturated carbocycles. The average molecular weight is 195 g/mol. The fourth-order valence-electron chi connectivity index (χ4n) is 0.752. The molecule has 82 valence electrons. The van der Waals surface area contributed by atoms with E-state index < -0.39 is 0 Å². The van der Waals surface area contributed by atoms with Crippen LogP contribution >= 0.6 is 0 Å². The molecule has 0 atom stereocenters. The quantitative estimate of drug-likeness (QED) is 0.712. The van der Waals surface area contributed by atoms with Crippen LogP contribution in [0.25, 0.3) is 0 Å². The third kappa shape index (κ3) is 3.57. The predicted molar refractivity (Wildman–Crippen MR) is 64.9 cm³/mol. The van der Waals surface area contributed by atoms with Gasteiger partial charge in [0.05, 0.1) is 0 Å². The fourth-order valence-corrected chi connectivity index (χ4v) is 0.752. The Labute approximate surface area is 89.3 Å². The molecule has 14 heavy (non-hydrogen) atoms. The van der Waals surface area contributed by atoms with Crippen LogP contribution in [0.15, 0.2) is 24.6 Å². The minimum absolute atomic E-state index is 0.0900. The van der Waals surface area contributed by atoms with Gasteiger partial charge in [-0.1, -0.05) is 54.7 Å². The first kappa shape index (κ1) is 13.3. The summed E-state index contributed by atoms with van der Waals surface area (Å²) in [6.45, 7) is 21.1. The molecule has 0 amide bonds. The molecule has 0 aromatic rings. The number of nitrogens with one attached hydrogen (secondary N) is 1. The van der Waals surface area contributed by atoms with Crippen LogP contribution in [0.4, 0.5) is 0 Å². The summed E-state index contributed by atoms with van der Waals surface area (Å²) in [6.07, 6.45) is 1.08. The molecule has 0 radical (unpaired) electrons. The van der Waals surface area contributed by atoms with Crippen molar-refractivity contribution < 1.29 is 0 Å². The Kier molecular flexibility index (Phi) is 3.99. The first-order valence-electron chi connectivity index (χ1n) is 5.27. The Hall–Kier alpha value is -0.720. The van der Waals surface area contributed by atoms with Crippen LogP contribution in [0, 0.1) is 10.8 Å². The minimum Gasteiger partial charge on any atom is -0.362 e. The summed E-state index contributed by atoms with van der Waals surface area (Å²) in [7, 11) is 0. The van der Waals surface area contributed by atoms with Crippen molar-refractivity contribution in [3.63, 3.8) is 0 Å². The predicted octanol–water partition coefficient (Wildman–Crippen LogP) is 4.09. The molecule has 0 aliphatic rings. The molecule has 1 nitrogen and oxygen atoms in total. The molecular formula is C13H25N. The van der Waals surface area contributed by atoms with Crippen molar-refractivity contribution >= 4 is 0 Å². The number of allylic oxidation sites excluding steroid dienone is 2. The van der Waals surface area contributed by atoms with E-state index in [-0.39, 0.29) is 10.8 Å². The first-order valence-corrected chi connectivity index (χ1v) is 5.27. The van der Waals surface area contributed by atoms with Crippen molar-refractivity contribution in [2.24, 2.45) is 10.8 Å². The third-order valence-corrected chi connectivity index (χ3v) is 2.91. The summed E-state index contributed by atoms with van der Waals surface area (Å²) in [5.41, 5.74) is 2.31. The molecule has 0 fully saturated rings. The fraction of sp³-hybridized carbons (Fsp3) is 0.692. The largest absolute Gasteiger partial charge is 0.362 e. The van der Waals surface area contributed by atoms with Gasteiger partial charge in [-0.05, 0) is 6.42 Å². The molecule has 0 heterocycles. The zero-order valence-electron chi connectivity index (χ0n) is 10.6. The van der Waals surface area contributed by atoms with Gasteiger partial charge in [0.15, 0.2) is 0 Å². The molecule has 0 rings (SSSR count). The zero-order valence-corrected chi connectivity index (χ0v) is 10.6. The van der Waals surface area contributed by atoms with E-state index >= 15 is 0 Å². The second kappa shape index (κ2) is 4.20. The number of hydrogen-bond donors (Lipinski definition) is 1. The maximum absolute atomic E-state index is 4.08. The number of rotatable bonds is 4. The maximum Gasteiger partial charge on any atom is 0.0133 e. The van der Waals surface area contributed by atoms with Crippen molar-refractivity contribution in [2.45, 2.75) is 48.0 Å². The van der Waals surface area contributed by atoms with Crippen molar-refractivity contribution in [3.8, 4) is 0 Å². The highest BCUT2D eigenvalue weighted by Gasteiger charge is 2.22. The average Bonchev–Trinajstić information content (AvgIpc) is 2.02. The molecule has 0 spiro atoms. The van der Waals surface area contributed by atoms with Crippen molar-refractivity contribution in [2.75, 3.05) is 0 Å². The van der Waals surface area contributed by atoms with E-state index in [1.165, 1.54) is 0 Å². The van der Waals surface area contributed by atoms with Crippen molar-refractivity contribution in [3.05, 3.63) is 24.6 Å². The second-order valence-electron chi connectivity index (χ2n) is 5.57. The van der Waals surface area contributed by atoms with Gasteiger partial charge < -0.3 is 5.32 Å². The molecule has 0 bridgehead atoms. The van der Waals surface area contributed by atoms with Crippen molar-refractivity contribution in [1.82, 2.24) is 5.32 Å².